The number of benzene rings is 2. The number of allylic oxidation sites excluding steroid dienone is 5. The van der Waals surface area contributed by atoms with Gasteiger partial charge in [-0.25, -0.2) is 23.7 Å². The van der Waals surface area contributed by atoms with E-state index in [1.54, 1.807) is 30.5 Å². The van der Waals surface area contributed by atoms with Crippen LogP contribution in [0.1, 0.15) is 41.0 Å². The molecule has 0 radical (unpaired) electrons. The van der Waals surface area contributed by atoms with Gasteiger partial charge in [0.2, 0.25) is 5.95 Å². The summed E-state index contributed by atoms with van der Waals surface area (Å²) < 4.78 is 29.7. The van der Waals surface area contributed by atoms with Crippen molar-refractivity contribution in [2.24, 2.45) is 4.99 Å². The first kappa shape index (κ1) is 29.3. The van der Waals surface area contributed by atoms with Crippen molar-refractivity contribution in [2.75, 3.05) is 18.4 Å². The lowest BCUT2D eigenvalue weighted by molar-refractivity contribution is 0.0969. The first-order valence-corrected chi connectivity index (χ1v) is 14.5. The number of carbonyl (C=O) groups excluding carboxylic acids is 1. The first-order chi connectivity index (χ1) is 21.2. The number of aromatic nitrogens is 2. The van der Waals surface area contributed by atoms with E-state index in [1.807, 2.05) is 24.8 Å². The van der Waals surface area contributed by atoms with Gasteiger partial charge in [0.05, 0.1) is 11.3 Å². The number of anilines is 2. The van der Waals surface area contributed by atoms with Crippen LogP contribution in [0.2, 0.25) is 0 Å². The summed E-state index contributed by atoms with van der Waals surface area (Å²) in [5.74, 6) is -1.53. The van der Waals surface area contributed by atoms with E-state index >= 15 is 0 Å². The molecular weight excluding hydrogens is 586 g/mol. The van der Waals surface area contributed by atoms with E-state index in [0.717, 1.165) is 5.56 Å². The van der Waals surface area contributed by atoms with E-state index in [0.29, 0.717) is 47.6 Å². The Hall–Kier alpha value is -4.74. The van der Waals surface area contributed by atoms with E-state index in [1.165, 1.54) is 30.5 Å². The maximum atomic E-state index is 14.8. The van der Waals surface area contributed by atoms with Crippen molar-refractivity contribution in [1.29, 1.82) is 5.41 Å². The van der Waals surface area contributed by atoms with Gasteiger partial charge in [-0.3, -0.25) is 15.5 Å². The SMILES string of the molecule is CC1CN(C(=N)NC(=O)c2cccc(Nc3ncc4c(n3)C3=CN=C(Cl)C=C(c5c(F)cccc5F)C3=CC4)c2)CC(C)N1. The summed E-state index contributed by atoms with van der Waals surface area (Å²) in [6.45, 7) is 5.33. The number of guanidine groups is 1. The summed E-state index contributed by atoms with van der Waals surface area (Å²) >= 11 is 6.29. The molecule has 0 saturated carbocycles. The highest BCUT2D eigenvalue weighted by molar-refractivity contribution is 6.69. The van der Waals surface area contributed by atoms with E-state index in [2.05, 4.69) is 25.9 Å². The molecule has 0 spiro atoms. The molecule has 2 aromatic carbocycles. The largest absolute Gasteiger partial charge is 0.340 e. The summed E-state index contributed by atoms with van der Waals surface area (Å²) in [4.78, 5) is 28.3. The normalized spacial score (nSPS) is 19.3. The number of hydrogen-bond acceptors (Lipinski definition) is 7. The molecule has 12 heteroatoms. The topological polar surface area (TPSA) is 118 Å². The number of nitrogens with zero attached hydrogens (tertiary/aromatic N) is 4. The Morgan fingerprint density at radius 1 is 1.07 bits per heavy atom. The van der Waals surface area contributed by atoms with Gasteiger partial charge in [-0.1, -0.05) is 29.8 Å². The maximum absolute atomic E-state index is 14.8. The number of fused-ring (bicyclic) bond motifs is 3. The molecule has 2 unspecified atom stereocenters. The minimum absolute atomic E-state index is 0.0542. The number of rotatable bonds is 4. The lowest BCUT2D eigenvalue weighted by Crippen LogP contribution is -2.58. The molecule has 4 N–H and O–H groups in total. The van der Waals surface area contributed by atoms with E-state index in [9.17, 15) is 13.6 Å². The van der Waals surface area contributed by atoms with E-state index in [-0.39, 0.29) is 40.3 Å². The van der Waals surface area contributed by atoms with Crippen molar-refractivity contribution in [3.05, 3.63) is 107 Å². The summed E-state index contributed by atoms with van der Waals surface area (Å²) in [5, 5.41) is 17.7. The Kier molecular flexibility index (Phi) is 8.07. The van der Waals surface area contributed by atoms with Crippen molar-refractivity contribution in [1.82, 2.24) is 25.5 Å². The van der Waals surface area contributed by atoms with Gasteiger partial charge < -0.3 is 15.5 Å². The molecule has 0 bridgehead atoms. The fraction of sp³-hybridized carbons (Fsp3) is 0.219. The molecule has 6 rings (SSSR count). The smallest absolute Gasteiger partial charge is 0.258 e. The van der Waals surface area contributed by atoms with Gasteiger partial charge in [0, 0.05) is 60.0 Å². The van der Waals surface area contributed by atoms with Crippen LogP contribution in [0.25, 0.3) is 11.1 Å². The van der Waals surface area contributed by atoms with Crippen LogP contribution >= 0.6 is 11.6 Å². The Morgan fingerprint density at radius 2 is 1.80 bits per heavy atom. The van der Waals surface area contributed by atoms with Crippen LogP contribution < -0.4 is 16.0 Å². The van der Waals surface area contributed by atoms with Gasteiger partial charge in [-0.15, -0.1) is 0 Å². The van der Waals surface area contributed by atoms with Gasteiger partial charge in [0.25, 0.3) is 5.91 Å². The van der Waals surface area contributed by atoms with Gasteiger partial charge in [0.15, 0.2) is 5.96 Å². The molecule has 3 aliphatic rings. The molecule has 2 atom stereocenters. The lowest BCUT2D eigenvalue weighted by atomic mass is 9.84. The van der Waals surface area contributed by atoms with Crippen LogP contribution in [0.4, 0.5) is 20.4 Å². The van der Waals surface area contributed by atoms with E-state index in [4.69, 9.17) is 22.0 Å². The number of halogens is 3. The predicted octanol–water partition coefficient (Wildman–Crippen LogP) is 5.40. The predicted molar refractivity (Wildman–Crippen MR) is 168 cm³/mol. The van der Waals surface area contributed by atoms with Gasteiger partial charge >= 0.3 is 0 Å². The fourth-order valence-electron chi connectivity index (χ4n) is 5.64. The molecule has 44 heavy (non-hydrogen) atoms. The Bertz CT molecular complexity index is 1770. The molecule has 1 aliphatic carbocycles. The van der Waals surface area contributed by atoms with Crippen molar-refractivity contribution >= 4 is 51.4 Å². The third-order valence-electron chi connectivity index (χ3n) is 7.53. The highest BCUT2D eigenvalue weighted by atomic mass is 35.5. The van der Waals surface area contributed by atoms with E-state index < -0.39 is 17.5 Å². The van der Waals surface area contributed by atoms with Crippen LogP contribution in [0, 0.1) is 17.0 Å². The number of amides is 1. The quantitative estimate of drug-likeness (QED) is 0.231. The summed E-state index contributed by atoms with van der Waals surface area (Å²) in [5.41, 5.74) is 3.44. The zero-order valence-corrected chi connectivity index (χ0v) is 24.7. The number of carbonyl (C=O) groups is 1. The molecule has 2 aliphatic heterocycles. The zero-order chi connectivity index (χ0) is 31.0. The summed E-state index contributed by atoms with van der Waals surface area (Å²) in [7, 11) is 0. The number of hydrogen-bond donors (Lipinski definition) is 4. The average molecular weight is 615 g/mol. The summed E-state index contributed by atoms with van der Waals surface area (Å²) in [6, 6.07) is 10.9. The maximum Gasteiger partial charge on any atom is 0.258 e. The van der Waals surface area contributed by atoms with Gasteiger partial charge in [-0.05, 0) is 67.8 Å². The summed E-state index contributed by atoms with van der Waals surface area (Å²) in [6.07, 6.45) is 6.94. The van der Waals surface area contributed by atoms with Crippen LogP contribution in [-0.2, 0) is 6.42 Å². The highest BCUT2D eigenvalue weighted by Gasteiger charge is 2.28. The van der Waals surface area contributed by atoms with Crippen molar-refractivity contribution in [3.63, 3.8) is 0 Å². The zero-order valence-electron chi connectivity index (χ0n) is 24.0. The van der Waals surface area contributed by atoms with Gasteiger partial charge in [0.1, 0.15) is 16.8 Å². The molecule has 9 nitrogen and oxygen atoms in total. The number of aliphatic imine (C=N–C) groups is 1. The monoisotopic (exact) mass is 614 g/mol. The molecule has 3 heterocycles. The van der Waals surface area contributed by atoms with Crippen LogP contribution in [-0.4, -0.2) is 57.1 Å². The van der Waals surface area contributed by atoms with Crippen LogP contribution in [0.5, 0.6) is 0 Å². The Morgan fingerprint density at radius 3 is 2.55 bits per heavy atom. The minimum atomic E-state index is -0.713. The molecule has 3 aromatic rings. The van der Waals surface area contributed by atoms with Crippen molar-refractivity contribution in [2.45, 2.75) is 32.4 Å². The Labute approximate surface area is 258 Å². The first-order valence-electron chi connectivity index (χ1n) is 14.1. The highest BCUT2D eigenvalue weighted by Crippen LogP contribution is 2.41. The number of piperazine rings is 1. The van der Waals surface area contributed by atoms with Crippen LogP contribution in [0.15, 0.2) is 77.6 Å². The molecule has 1 aromatic heterocycles. The second-order valence-electron chi connectivity index (χ2n) is 10.9. The standard InChI is InChI=1S/C32H29ClF2N8O/c1-17-15-43(16-18(2)39-17)31(36)42-30(44)19-5-3-6-21(11-19)40-32-38-13-20-9-10-22-23(28-25(34)7-4-8-26(28)35)12-27(33)37-14-24(22)29(20)41-32/h3-8,10-14,17-18,39H,9,15-16H2,1-2H3,(H2,36,42,44)(H,38,40,41). The molecule has 1 amide bonds. The molecule has 1 fully saturated rings. The third-order valence-corrected chi connectivity index (χ3v) is 7.73. The van der Waals surface area contributed by atoms with Crippen molar-refractivity contribution < 1.29 is 13.6 Å². The second-order valence-corrected chi connectivity index (χ2v) is 11.3. The number of nitrogens with one attached hydrogen (secondary N) is 4. The minimum Gasteiger partial charge on any atom is -0.340 e. The average Bonchev–Trinajstić information content (AvgIpc) is 3.15. The fourth-order valence-corrected chi connectivity index (χ4v) is 5.80. The van der Waals surface area contributed by atoms with Gasteiger partial charge in [-0.2, -0.15) is 0 Å². The molecule has 1 saturated heterocycles. The van der Waals surface area contributed by atoms with Crippen molar-refractivity contribution in [3.8, 4) is 0 Å². The lowest BCUT2D eigenvalue weighted by Gasteiger charge is -2.37. The Balaban J connectivity index is 1.23. The molecule has 224 valence electrons. The second kappa shape index (κ2) is 12.1. The van der Waals surface area contributed by atoms with Crippen LogP contribution in [0.3, 0.4) is 0 Å². The third kappa shape index (κ3) is 6.01. The molecular formula is C32H29ClF2N8O.